The van der Waals surface area contributed by atoms with E-state index in [4.69, 9.17) is 9.31 Å². The highest BCUT2D eigenvalue weighted by Gasteiger charge is 2.51. The molecule has 0 radical (unpaired) electrons. The van der Waals surface area contributed by atoms with Crippen molar-refractivity contribution in [1.29, 1.82) is 0 Å². The minimum Gasteiger partial charge on any atom is -0.399 e. The van der Waals surface area contributed by atoms with Gasteiger partial charge in [0.05, 0.1) is 16.9 Å². The summed E-state index contributed by atoms with van der Waals surface area (Å²) in [5.74, 6) is -0.139. The summed E-state index contributed by atoms with van der Waals surface area (Å²) in [6.07, 6.45) is 0. The van der Waals surface area contributed by atoms with Gasteiger partial charge in [-0.3, -0.25) is 4.90 Å². The van der Waals surface area contributed by atoms with E-state index in [0.717, 1.165) is 38.2 Å². The van der Waals surface area contributed by atoms with Gasteiger partial charge in [0.2, 0.25) is 0 Å². The summed E-state index contributed by atoms with van der Waals surface area (Å²) < 4.78 is 26.4. The fraction of sp³-hybridized carbons (Fsp3) is 0.500. The third-order valence-corrected chi connectivity index (χ3v) is 6.85. The molecule has 0 N–H and O–H groups in total. The second-order valence-corrected chi connectivity index (χ2v) is 9.49. The number of aryl methyl sites for hydroxylation is 1. The topological polar surface area (TPSA) is 24.9 Å². The molecule has 2 fully saturated rings. The van der Waals surface area contributed by atoms with Gasteiger partial charge < -0.3 is 14.2 Å². The van der Waals surface area contributed by atoms with Crippen LogP contribution in [-0.2, 0) is 15.9 Å². The smallest absolute Gasteiger partial charge is 0.399 e. The Hall–Kier alpha value is -1.89. The maximum absolute atomic E-state index is 14.1. The average Bonchev–Trinajstić information content (AvgIpc) is 2.92. The van der Waals surface area contributed by atoms with Crippen molar-refractivity contribution in [1.82, 2.24) is 4.90 Å². The first-order chi connectivity index (χ1) is 14.2. The van der Waals surface area contributed by atoms with Gasteiger partial charge in [0, 0.05) is 32.7 Å². The molecule has 0 spiro atoms. The van der Waals surface area contributed by atoms with Crippen LogP contribution in [0.2, 0.25) is 0 Å². The van der Waals surface area contributed by atoms with Crippen molar-refractivity contribution in [3.63, 3.8) is 0 Å². The molecule has 4 rings (SSSR count). The van der Waals surface area contributed by atoms with E-state index in [9.17, 15) is 4.39 Å². The number of halogens is 1. The zero-order chi connectivity index (χ0) is 21.5. The molecule has 2 aliphatic rings. The maximum Gasteiger partial charge on any atom is 0.494 e. The second-order valence-electron chi connectivity index (χ2n) is 9.49. The van der Waals surface area contributed by atoms with Gasteiger partial charge in [-0.25, -0.2) is 4.39 Å². The Labute approximate surface area is 180 Å². The lowest BCUT2D eigenvalue weighted by molar-refractivity contribution is 0.00578. The van der Waals surface area contributed by atoms with Crippen LogP contribution in [0.1, 0.15) is 38.8 Å². The van der Waals surface area contributed by atoms with Crippen molar-refractivity contribution in [3.8, 4) is 0 Å². The van der Waals surface area contributed by atoms with Gasteiger partial charge in [-0.15, -0.1) is 0 Å². The fourth-order valence-corrected chi connectivity index (χ4v) is 4.12. The minimum absolute atomic E-state index is 0.139. The van der Waals surface area contributed by atoms with Crippen LogP contribution in [-0.4, -0.2) is 49.4 Å². The Kier molecular flexibility index (Phi) is 5.68. The van der Waals surface area contributed by atoms with Crippen molar-refractivity contribution in [2.24, 2.45) is 0 Å². The van der Waals surface area contributed by atoms with Crippen molar-refractivity contribution in [2.45, 2.75) is 52.4 Å². The lowest BCUT2D eigenvalue weighted by atomic mass is 9.78. The Morgan fingerprint density at radius 2 is 1.57 bits per heavy atom. The largest absolute Gasteiger partial charge is 0.494 e. The van der Waals surface area contributed by atoms with Crippen LogP contribution in [0, 0.1) is 12.7 Å². The van der Waals surface area contributed by atoms with Crippen molar-refractivity contribution >= 4 is 18.3 Å². The number of hydrogen-bond donors (Lipinski definition) is 0. The second kappa shape index (κ2) is 7.99. The van der Waals surface area contributed by atoms with Gasteiger partial charge in [-0.2, -0.15) is 0 Å². The summed E-state index contributed by atoms with van der Waals surface area (Å²) in [7, 11) is -0.327. The zero-order valence-electron chi connectivity index (χ0n) is 18.7. The van der Waals surface area contributed by atoms with Gasteiger partial charge >= 0.3 is 7.12 Å². The van der Waals surface area contributed by atoms with Gasteiger partial charge in [-0.1, -0.05) is 30.3 Å². The fourth-order valence-electron chi connectivity index (χ4n) is 4.12. The number of anilines is 1. The summed E-state index contributed by atoms with van der Waals surface area (Å²) in [6, 6.07) is 13.5. The first-order valence-corrected chi connectivity index (χ1v) is 10.8. The van der Waals surface area contributed by atoms with Crippen molar-refractivity contribution in [2.75, 3.05) is 31.1 Å². The highest BCUT2D eigenvalue weighted by atomic mass is 19.1. The number of piperazine rings is 1. The molecule has 0 bridgehead atoms. The third kappa shape index (κ3) is 4.14. The number of hydrogen-bond acceptors (Lipinski definition) is 4. The molecular weight excluding hydrogens is 378 g/mol. The molecule has 0 atom stereocenters. The van der Waals surface area contributed by atoms with E-state index in [1.165, 1.54) is 17.2 Å². The first-order valence-electron chi connectivity index (χ1n) is 10.8. The molecule has 0 unspecified atom stereocenters. The Morgan fingerprint density at radius 1 is 0.933 bits per heavy atom. The molecule has 0 aliphatic carbocycles. The molecule has 2 saturated heterocycles. The van der Waals surface area contributed by atoms with Crippen LogP contribution in [0.25, 0.3) is 0 Å². The molecule has 2 aromatic rings. The number of nitrogens with zero attached hydrogens (tertiary/aromatic N) is 2. The van der Waals surface area contributed by atoms with Crippen LogP contribution in [0.3, 0.4) is 0 Å². The molecule has 6 heteroatoms. The third-order valence-electron chi connectivity index (χ3n) is 6.85. The summed E-state index contributed by atoms with van der Waals surface area (Å²) in [5.41, 5.74) is 3.68. The molecule has 2 heterocycles. The van der Waals surface area contributed by atoms with Gasteiger partial charge in [0.25, 0.3) is 0 Å². The van der Waals surface area contributed by atoms with E-state index in [0.29, 0.717) is 5.69 Å². The van der Waals surface area contributed by atoms with Gasteiger partial charge in [0.15, 0.2) is 0 Å². The molecule has 30 heavy (non-hydrogen) atoms. The lowest BCUT2D eigenvalue weighted by Gasteiger charge is -2.36. The van der Waals surface area contributed by atoms with E-state index in [-0.39, 0.29) is 24.1 Å². The maximum atomic E-state index is 14.1. The molecular formula is C24H32BFN2O2. The standard InChI is InChI=1S/C24H32BFN2O2/c1-18-16-20(25-29-23(2,3)24(4,5)30-25)11-10-19(18)17-27-12-14-28(15-13-27)22-9-7-6-8-21(22)26/h6-11,16H,12-15,17H2,1-5H3. The van der Waals surface area contributed by atoms with Gasteiger partial charge in [-0.05, 0) is 63.3 Å². The first kappa shape index (κ1) is 21.4. The monoisotopic (exact) mass is 410 g/mol. The lowest BCUT2D eigenvalue weighted by Crippen LogP contribution is -2.46. The summed E-state index contributed by atoms with van der Waals surface area (Å²) in [4.78, 5) is 4.58. The van der Waals surface area contributed by atoms with E-state index >= 15 is 0 Å². The Bertz CT molecular complexity index is 894. The van der Waals surface area contributed by atoms with Crippen LogP contribution in [0.5, 0.6) is 0 Å². The van der Waals surface area contributed by atoms with E-state index in [2.05, 4.69) is 62.6 Å². The molecule has 2 aliphatic heterocycles. The van der Waals surface area contributed by atoms with E-state index in [1.807, 2.05) is 12.1 Å². The predicted octanol–water partition coefficient (Wildman–Crippen LogP) is 3.76. The minimum atomic E-state index is -0.331. The predicted molar refractivity (Wildman–Crippen MR) is 121 cm³/mol. The van der Waals surface area contributed by atoms with E-state index < -0.39 is 0 Å². The molecule has 4 nitrogen and oxygen atoms in total. The van der Waals surface area contributed by atoms with Crippen LogP contribution >= 0.6 is 0 Å². The SMILES string of the molecule is Cc1cc(B2OC(C)(C)C(C)(C)O2)ccc1CN1CCN(c2ccccc2F)CC1. The van der Waals surface area contributed by atoms with Gasteiger partial charge in [0.1, 0.15) is 5.82 Å². The normalized spacial score (nSPS) is 21.3. The zero-order valence-corrected chi connectivity index (χ0v) is 18.7. The molecule has 160 valence electrons. The molecule has 2 aromatic carbocycles. The van der Waals surface area contributed by atoms with Crippen molar-refractivity contribution in [3.05, 3.63) is 59.4 Å². The number of rotatable bonds is 4. The van der Waals surface area contributed by atoms with Crippen LogP contribution < -0.4 is 10.4 Å². The highest BCUT2D eigenvalue weighted by molar-refractivity contribution is 6.62. The molecule has 0 aromatic heterocycles. The summed E-state index contributed by atoms with van der Waals surface area (Å²) in [6.45, 7) is 14.9. The number of para-hydroxylation sites is 1. The quantitative estimate of drug-likeness (QED) is 0.717. The van der Waals surface area contributed by atoms with Crippen molar-refractivity contribution < 1.29 is 13.7 Å². The Balaban J connectivity index is 1.38. The average molecular weight is 410 g/mol. The summed E-state index contributed by atoms with van der Waals surface area (Å²) in [5, 5.41) is 0. The van der Waals surface area contributed by atoms with E-state index in [1.54, 1.807) is 6.07 Å². The summed E-state index contributed by atoms with van der Waals surface area (Å²) >= 11 is 0. The molecule has 0 amide bonds. The van der Waals surface area contributed by atoms with Crippen LogP contribution in [0.4, 0.5) is 10.1 Å². The Morgan fingerprint density at radius 3 is 2.17 bits per heavy atom. The number of benzene rings is 2. The van der Waals surface area contributed by atoms with Crippen LogP contribution in [0.15, 0.2) is 42.5 Å². The highest BCUT2D eigenvalue weighted by Crippen LogP contribution is 2.36. The molecule has 0 saturated carbocycles.